The number of rotatable bonds is 3. The second-order valence-corrected chi connectivity index (χ2v) is 4.72. The van der Waals surface area contributed by atoms with Gasteiger partial charge >= 0.3 is 0 Å². The molecule has 76 valence electrons. The van der Waals surface area contributed by atoms with Gasteiger partial charge in [0.2, 0.25) is 0 Å². The Morgan fingerprint density at radius 3 is 2.79 bits per heavy atom. The van der Waals surface area contributed by atoms with E-state index in [1.54, 1.807) is 0 Å². The van der Waals surface area contributed by atoms with Crippen LogP contribution in [0.2, 0.25) is 5.02 Å². The number of halogens is 1. The maximum absolute atomic E-state index is 6.14. The minimum absolute atomic E-state index is 0.194. The molecule has 0 spiro atoms. The fraction of sp³-hybridized carbons (Fsp3) is 0.500. The minimum Gasteiger partial charge on any atom is -0.324 e. The first-order valence-corrected chi connectivity index (χ1v) is 5.56. The summed E-state index contributed by atoms with van der Waals surface area (Å²) in [5.74, 6) is 0.875. The highest BCUT2D eigenvalue weighted by molar-refractivity contribution is 6.30. The van der Waals surface area contributed by atoms with E-state index < -0.39 is 0 Å². The Morgan fingerprint density at radius 2 is 2.21 bits per heavy atom. The van der Waals surface area contributed by atoms with E-state index in [0.29, 0.717) is 0 Å². The molecule has 0 aliphatic heterocycles. The lowest BCUT2D eigenvalue weighted by molar-refractivity contribution is 0.594. The lowest BCUT2D eigenvalue weighted by atomic mass is 9.98. The van der Waals surface area contributed by atoms with Gasteiger partial charge in [-0.25, -0.2) is 0 Å². The van der Waals surface area contributed by atoms with Crippen molar-refractivity contribution in [2.24, 2.45) is 11.7 Å². The summed E-state index contributed by atoms with van der Waals surface area (Å²) in [5.41, 5.74) is 8.61. The molecule has 0 heterocycles. The van der Waals surface area contributed by atoms with Crippen molar-refractivity contribution >= 4 is 11.6 Å². The Hall–Kier alpha value is -0.530. The number of hydrogen-bond donors (Lipinski definition) is 1. The predicted octanol–water partition coefficient (Wildman–Crippen LogP) is 3.45. The lowest BCUT2D eigenvalue weighted by Crippen LogP contribution is -2.12. The third-order valence-corrected chi connectivity index (χ3v) is 3.15. The Balaban J connectivity index is 2.13. The Kier molecular flexibility index (Phi) is 2.80. The van der Waals surface area contributed by atoms with E-state index in [-0.39, 0.29) is 6.04 Å². The van der Waals surface area contributed by atoms with Crippen molar-refractivity contribution in [2.45, 2.75) is 32.2 Å². The van der Waals surface area contributed by atoms with E-state index in [9.17, 15) is 0 Å². The fourth-order valence-electron chi connectivity index (χ4n) is 1.89. The van der Waals surface area contributed by atoms with E-state index in [2.05, 4.69) is 13.0 Å². The van der Waals surface area contributed by atoms with E-state index in [1.165, 1.54) is 24.0 Å². The van der Waals surface area contributed by atoms with E-state index in [4.69, 9.17) is 17.3 Å². The van der Waals surface area contributed by atoms with Gasteiger partial charge in [0.15, 0.2) is 0 Å². The average molecular weight is 210 g/mol. The van der Waals surface area contributed by atoms with E-state index >= 15 is 0 Å². The molecule has 14 heavy (non-hydrogen) atoms. The third kappa shape index (κ3) is 2.28. The van der Waals surface area contributed by atoms with Crippen LogP contribution in [0.25, 0.3) is 0 Å². The highest BCUT2D eigenvalue weighted by Crippen LogP contribution is 2.37. The minimum atomic E-state index is 0.194. The zero-order valence-corrected chi connectivity index (χ0v) is 9.22. The summed E-state index contributed by atoms with van der Waals surface area (Å²) in [5, 5.41) is 0.796. The van der Waals surface area contributed by atoms with Crippen LogP contribution in [0.3, 0.4) is 0 Å². The van der Waals surface area contributed by atoms with Crippen LogP contribution in [-0.2, 0) is 0 Å². The molecule has 1 nitrogen and oxygen atoms in total. The number of hydrogen-bond acceptors (Lipinski definition) is 1. The molecule has 1 aromatic rings. The molecule has 0 aromatic heterocycles. The van der Waals surface area contributed by atoms with Gasteiger partial charge in [-0.3, -0.25) is 0 Å². The molecule has 2 rings (SSSR count). The summed E-state index contributed by atoms with van der Waals surface area (Å²) >= 11 is 5.90. The van der Waals surface area contributed by atoms with Crippen molar-refractivity contribution < 1.29 is 0 Å². The zero-order valence-electron chi connectivity index (χ0n) is 8.46. The maximum atomic E-state index is 6.14. The van der Waals surface area contributed by atoms with Crippen LogP contribution < -0.4 is 5.73 Å². The predicted molar refractivity (Wildman–Crippen MR) is 60.5 cm³/mol. The molecule has 1 saturated carbocycles. The van der Waals surface area contributed by atoms with Crippen LogP contribution in [0.5, 0.6) is 0 Å². The van der Waals surface area contributed by atoms with Gasteiger partial charge in [-0.2, -0.15) is 0 Å². The Bertz CT molecular complexity index is 331. The van der Waals surface area contributed by atoms with Crippen molar-refractivity contribution in [2.75, 3.05) is 0 Å². The molecular weight excluding hydrogens is 194 g/mol. The molecular formula is C12H16ClN. The van der Waals surface area contributed by atoms with Crippen molar-refractivity contribution in [1.82, 2.24) is 0 Å². The molecule has 1 unspecified atom stereocenters. The summed E-state index contributed by atoms with van der Waals surface area (Å²) in [7, 11) is 0. The third-order valence-electron chi connectivity index (χ3n) is 2.92. The number of nitrogens with two attached hydrogens (primary N) is 1. The van der Waals surface area contributed by atoms with Crippen LogP contribution in [0.15, 0.2) is 18.2 Å². The molecule has 0 radical (unpaired) electrons. The maximum Gasteiger partial charge on any atom is 0.0408 e. The van der Waals surface area contributed by atoms with E-state index in [1.807, 2.05) is 12.1 Å². The highest BCUT2D eigenvalue weighted by Gasteiger charge is 2.24. The molecule has 0 amide bonds. The normalized spacial score (nSPS) is 18.2. The van der Waals surface area contributed by atoms with Crippen molar-refractivity contribution in [3.63, 3.8) is 0 Å². The monoisotopic (exact) mass is 209 g/mol. The van der Waals surface area contributed by atoms with E-state index in [0.717, 1.165) is 17.4 Å². The topological polar surface area (TPSA) is 26.0 Å². The van der Waals surface area contributed by atoms with Crippen LogP contribution in [-0.4, -0.2) is 0 Å². The quantitative estimate of drug-likeness (QED) is 0.811. The zero-order chi connectivity index (χ0) is 10.1. The summed E-state index contributed by atoms with van der Waals surface area (Å²) in [6.07, 6.45) is 3.85. The van der Waals surface area contributed by atoms with Crippen LogP contribution in [0.1, 0.15) is 36.4 Å². The Morgan fingerprint density at radius 1 is 1.50 bits per heavy atom. The van der Waals surface area contributed by atoms with Crippen LogP contribution in [0, 0.1) is 12.8 Å². The molecule has 1 aliphatic rings. The second kappa shape index (κ2) is 3.92. The van der Waals surface area contributed by atoms with Gasteiger partial charge in [0.05, 0.1) is 0 Å². The molecule has 1 aliphatic carbocycles. The lowest BCUT2D eigenvalue weighted by Gasteiger charge is -2.14. The molecule has 1 fully saturated rings. The van der Waals surface area contributed by atoms with Crippen LogP contribution >= 0.6 is 11.6 Å². The Labute approximate surface area is 90.3 Å². The van der Waals surface area contributed by atoms with Crippen molar-refractivity contribution in [1.29, 1.82) is 0 Å². The first-order chi connectivity index (χ1) is 6.66. The SMILES string of the molecule is Cc1cc(Cl)ccc1C(N)CC1CC1. The summed E-state index contributed by atoms with van der Waals surface area (Å²) in [4.78, 5) is 0. The molecule has 0 bridgehead atoms. The molecule has 1 atom stereocenters. The fourth-order valence-corrected chi connectivity index (χ4v) is 2.12. The smallest absolute Gasteiger partial charge is 0.0408 e. The molecule has 1 aromatic carbocycles. The summed E-state index contributed by atoms with van der Waals surface area (Å²) in [6, 6.07) is 6.17. The van der Waals surface area contributed by atoms with Gasteiger partial charge in [-0.15, -0.1) is 0 Å². The standard InChI is InChI=1S/C12H16ClN/c1-8-6-10(13)4-5-11(8)12(14)7-9-2-3-9/h4-6,9,12H,2-3,7,14H2,1H3. The summed E-state index contributed by atoms with van der Waals surface area (Å²) in [6.45, 7) is 2.08. The van der Waals surface area contributed by atoms with Crippen molar-refractivity contribution in [3.05, 3.63) is 34.3 Å². The first kappa shape index (κ1) is 10.0. The van der Waals surface area contributed by atoms with Gasteiger partial charge in [-0.05, 0) is 42.5 Å². The van der Waals surface area contributed by atoms with Gasteiger partial charge in [0.1, 0.15) is 0 Å². The molecule has 0 saturated heterocycles. The van der Waals surface area contributed by atoms with Gasteiger partial charge in [0, 0.05) is 11.1 Å². The molecule has 2 N–H and O–H groups in total. The van der Waals surface area contributed by atoms with Gasteiger partial charge in [-0.1, -0.05) is 30.5 Å². The summed E-state index contributed by atoms with van der Waals surface area (Å²) < 4.78 is 0. The number of aryl methyl sites for hydroxylation is 1. The van der Waals surface area contributed by atoms with Crippen LogP contribution in [0.4, 0.5) is 0 Å². The van der Waals surface area contributed by atoms with Gasteiger partial charge in [0.25, 0.3) is 0 Å². The first-order valence-electron chi connectivity index (χ1n) is 5.18. The second-order valence-electron chi connectivity index (χ2n) is 4.29. The molecule has 2 heteroatoms. The average Bonchev–Trinajstić information content (AvgIpc) is 2.87. The van der Waals surface area contributed by atoms with Crippen molar-refractivity contribution in [3.8, 4) is 0 Å². The van der Waals surface area contributed by atoms with Gasteiger partial charge < -0.3 is 5.73 Å². The largest absolute Gasteiger partial charge is 0.324 e. The highest BCUT2D eigenvalue weighted by atomic mass is 35.5. The number of benzene rings is 1.